The lowest BCUT2D eigenvalue weighted by Gasteiger charge is -2.28. The Morgan fingerprint density at radius 1 is 1.55 bits per heavy atom. The summed E-state index contributed by atoms with van der Waals surface area (Å²) in [5.41, 5.74) is 0.289. The van der Waals surface area contributed by atoms with Gasteiger partial charge < -0.3 is 19.1 Å². The van der Waals surface area contributed by atoms with Crippen LogP contribution in [0.1, 0.15) is 42.1 Å². The Morgan fingerprint density at radius 2 is 2.36 bits per heavy atom. The maximum absolute atomic E-state index is 12.5. The minimum absolute atomic E-state index is 0.0498. The van der Waals surface area contributed by atoms with Crippen molar-refractivity contribution < 1.29 is 14.4 Å². The molecule has 22 heavy (non-hydrogen) atoms. The number of carbonyl (C=O) groups excluding carboxylic acids is 1. The van der Waals surface area contributed by atoms with Crippen molar-refractivity contribution in [2.24, 2.45) is 0 Å². The van der Waals surface area contributed by atoms with Crippen LogP contribution in [0, 0.1) is 0 Å². The van der Waals surface area contributed by atoms with Crippen molar-refractivity contribution in [1.29, 1.82) is 0 Å². The van der Waals surface area contributed by atoms with Crippen LogP contribution in [0.15, 0.2) is 29.3 Å². The average Bonchev–Trinajstić information content (AvgIpc) is 3.25. The van der Waals surface area contributed by atoms with E-state index in [4.69, 9.17) is 4.52 Å². The SMILES string of the molecule is CCc1cc(C(=O)N(C)[C@@H]2CC[C@@H](n3ccnc3)[C@@H]2O)no1. The number of hydrogen-bond acceptors (Lipinski definition) is 5. The lowest BCUT2D eigenvalue weighted by atomic mass is 10.1. The van der Waals surface area contributed by atoms with Crippen LogP contribution < -0.4 is 0 Å². The third-order valence-electron chi connectivity index (χ3n) is 4.40. The predicted octanol–water partition coefficient (Wildman–Crippen LogP) is 1.27. The second kappa shape index (κ2) is 5.92. The van der Waals surface area contributed by atoms with Crippen LogP contribution in [0.25, 0.3) is 0 Å². The van der Waals surface area contributed by atoms with Crippen LogP contribution in [-0.2, 0) is 6.42 Å². The third kappa shape index (κ3) is 2.52. The average molecular weight is 304 g/mol. The number of nitrogens with zero attached hydrogens (tertiary/aromatic N) is 4. The molecular weight excluding hydrogens is 284 g/mol. The van der Waals surface area contributed by atoms with Crippen LogP contribution in [-0.4, -0.2) is 49.8 Å². The van der Waals surface area contributed by atoms with Gasteiger partial charge in [-0.15, -0.1) is 0 Å². The highest BCUT2D eigenvalue weighted by molar-refractivity contribution is 5.92. The number of aromatic nitrogens is 3. The van der Waals surface area contributed by atoms with E-state index < -0.39 is 6.10 Å². The molecule has 1 N–H and O–H groups in total. The van der Waals surface area contributed by atoms with Crippen molar-refractivity contribution in [3.8, 4) is 0 Å². The number of likely N-dealkylation sites (N-methyl/N-ethyl adjacent to an activating group) is 1. The second-order valence-electron chi connectivity index (χ2n) is 5.66. The van der Waals surface area contributed by atoms with E-state index in [1.807, 2.05) is 17.7 Å². The lowest BCUT2D eigenvalue weighted by molar-refractivity contribution is 0.0435. The molecule has 2 heterocycles. The van der Waals surface area contributed by atoms with E-state index >= 15 is 0 Å². The largest absolute Gasteiger partial charge is 0.389 e. The molecule has 2 aromatic rings. The first-order chi connectivity index (χ1) is 10.6. The minimum Gasteiger partial charge on any atom is -0.389 e. The number of rotatable bonds is 4. The summed E-state index contributed by atoms with van der Waals surface area (Å²) in [5, 5.41) is 14.4. The Balaban J connectivity index is 1.72. The zero-order valence-electron chi connectivity index (χ0n) is 12.7. The summed E-state index contributed by atoms with van der Waals surface area (Å²) in [7, 11) is 1.70. The summed E-state index contributed by atoms with van der Waals surface area (Å²) >= 11 is 0. The molecule has 0 aliphatic heterocycles. The third-order valence-corrected chi connectivity index (χ3v) is 4.40. The van der Waals surface area contributed by atoms with Gasteiger partial charge in [-0.05, 0) is 12.8 Å². The van der Waals surface area contributed by atoms with Gasteiger partial charge in [0.05, 0.1) is 24.5 Å². The molecule has 1 amide bonds. The highest BCUT2D eigenvalue weighted by Gasteiger charge is 2.40. The van der Waals surface area contributed by atoms with Crippen molar-refractivity contribution in [3.05, 3.63) is 36.2 Å². The number of amides is 1. The first-order valence-electron chi connectivity index (χ1n) is 7.50. The van der Waals surface area contributed by atoms with Crippen LogP contribution in [0.3, 0.4) is 0 Å². The summed E-state index contributed by atoms with van der Waals surface area (Å²) in [6, 6.07) is 1.38. The van der Waals surface area contributed by atoms with Gasteiger partial charge in [0.25, 0.3) is 5.91 Å². The molecule has 0 radical (unpaired) electrons. The minimum atomic E-state index is -0.624. The molecule has 1 aliphatic rings. The Bertz CT molecular complexity index is 637. The smallest absolute Gasteiger partial charge is 0.276 e. The molecule has 0 unspecified atom stereocenters. The monoisotopic (exact) mass is 304 g/mol. The number of aliphatic hydroxyl groups excluding tert-OH is 1. The van der Waals surface area contributed by atoms with Crippen LogP contribution in [0.4, 0.5) is 0 Å². The zero-order chi connectivity index (χ0) is 15.7. The molecular formula is C15H20N4O3. The van der Waals surface area contributed by atoms with Crippen molar-refractivity contribution in [1.82, 2.24) is 19.6 Å². The molecule has 0 saturated heterocycles. The van der Waals surface area contributed by atoms with Gasteiger partial charge in [0.2, 0.25) is 0 Å². The first-order valence-corrected chi connectivity index (χ1v) is 7.50. The second-order valence-corrected chi connectivity index (χ2v) is 5.66. The van der Waals surface area contributed by atoms with E-state index in [1.165, 1.54) is 0 Å². The molecule has 0 bridgehead atoms. The van der Waals surface area contributed by atoms with Crippen molar-refractivity contribution in [2.75, 3.05) is 7.05 Å². The highest BCUT2D eigenvalue weighted by Crippen LogP contribution is 2.33. The Morgan fingerprint density at radius 3 is 3.00 bits per heavy atom. The summed E-state index contributed by atoms with van der Waals surface area (Å²) in [6.07, 6.45) is 6.84. The number of aryl methyl sites for hydroxylation is 1. The Hall–Kier alpha value is -2.15. The number of imidazole rings is 1. The van der Waals surface area contributed by atoms with Gasteiger partial charge in [0, 0.05) is 31.9 Å². The fourth-order valence-corrected chi connectivity index (χ4v) is 3.06. The number of aliphatic hydroxyl groups is 1. The summed E-state index contributed by atoms with van der Waals surface area (Å²) < 4.78 is 6.98. The van der Waals surface area contributed by atoms with Crippen molar-refractivity contribution >= 4 is 5.91 Å². The molecule has 118 valence electrons. The van der Waals surface area contributed by atoms with Gasteiger partial charge in [0.15, 0.2) is 5.69 Å². The van der Waals surface area contributed by atoms with Crippen LogP contribution in [0.5, 0.6) is 0 Å². The fourth-order valence-electron chi connectivity index (χ4n) is 3.06. The van der Waals surface area contributed by atoms with Crippen LogP contribution >= 0.6 is 0 Å². The van der Waals surface area contributed by atoms with Gasteiger partial charge in [-0.3, -0.25) is 4.79 Å². The molecule has 2 aromatic heterocycles. The normalized spacial score (nSPS) is 24.6. The molecule has 1 aliphatic carbocycles. The van der Waals surface area contributed by atoms with E-state index in [1.54, 1.807) is 30.5 Å². The van der Waals surface area contributed by atoms with Gasteiger partial charge in [-0.25, -0.2) is 4.98 Å². The van der Waals surface area contributed by atoms with Crippen LogP contribution in [0.2, 0.25) is 0 Å². The molecule has 1 saturated carbocycles. The lowest BCUT2D eigenvalue weighted by Crippen LogP contribution is -2.43. The maximum Gasteiger partial charge on any atom is 0.276 e. The molecule has 0 spiro atoms. The van der Waals surface area contributed by atoms with Gasteiger partial charge in [0.1, 0.15) is 5.76 Å². The maximum atomic E-state index is 12.5. The van der Waals surface area contributed by atoms with Crippen molar-refractivity contribution in [3.63, 3.8) is 0 Å². The summed E-state index contributed by atoms with van der Waals surface area (Å²) in [6.45, 7) is 1.94. The van der Waals surface area contributed by atoms with E-state index in [0.29, 0.717) is 12.2 Å². The first kappa shape index (κ1) is 14.8. The summed E-state index contributed by atoms with van der Waals surface area (Å²) in [4.78, 5) is 18.1. The van der Waals surface area contributed by atoms with Gasteiger partial charge in [-0.1, -0.05) is 12.1 Å². The Kier molecular flexibility index (Phi) is 3.98. The number of hydrogen-bond donors (Lipinski definition) is 1. The topological polar surface area (TPSA) is 84.4 Å². The van der Waals surface area contributed by atoms with E-state index in [2.05, 4.69) is 10.1 Å². The standard InChI is InChI=1S/C15H20N4O3/c1-3-10-8-11(17-22-10)15(21)18(2)12-4-5-13(14(12)20)19-7-6-16-9-19/h6-9,12-14,20H,3-5H2,1-2H3/t12-,13-,14-/m1/s1. The van der Waals surface area contributed by atoms with Crippen molar-refractivity contribution in [2.45, 2.75) is 44.4 Å². The molecule has 0 aromatic carbocycles. The molecule has 7 nitrogen and oxygen atoms in total. The molecule has 3 atom stereocenters. The van der Waals surface area contributed by atoms with E-state index in [0.717, 1.165) is 12.8 Å². The van der Waals surface area contributed by atoms with Gasteiger partial charge >= 0.3 is 0 Å². The zero-order valence-corrected chi connectivity index (χ0v) is 12.7. The van der Waals surface area contributed by atoms with Gasteiger partial charge in [-0.2, -0.15) is 0 Å². The Labute approximate surface area is 128 Å². The predicted molar refractivity (Wildman–Crippen MR) is 78.3 cm³/mol. The molecule has 7 heteroatoms. The van der Waals surface area contributed by atoms with E-state index in [-0.39, 0.29) is 23.7 Å². The summed E-state index contributed by atoms with van der Waals surface area (Å²) in [5.74, 6) is 0.457. The quantitative estimate of drug-likeness (QED) is 0.919. The highest BCUT2D eigenvalue weighted by atomic mass is 16.5. The molecule has 1 fully saturated rings. The van der Waals surface area contributed by atoms with E-state index in [9.17, 15) is 9.90 Å². The fraction of sp³-hybridized carbons (Fsp3) is 0.533. The molecule has 3 rings (SSSR count). The number of carbonyl (C=O) groups is 1.